The summed E-state index contributed by atoms with van der Waals surface area (Å²) in [4.78, 5) is 14.5. The van der Waals surface area contributed by atoms with Crippen molar-refractivity contribution in [1.29, 1.82) is 0 Å². The number of rotatable bonds is 6. The maximum Gasteiger partial charge on any atom is 0.227 e. The predicted octanol–water partition coefficient (Wildman–Crippen LogP) is 3.74. The van der Waals surface area contributed by atoms with Gasteiger partial charge in [-0.1, -0.05) is 6.42 Å². The van der Waals surface area contributed by atoms with Crippen LogP contribution in [0.1, 0.15) is 24.8 Å². The van der Waals surface area contributed by atoms with Gasteiger partial charge in [0.15, 0.2) is 0 Å². The summed E-state index contributed by atoms with van der Waals surface area (Å²) in [6.07, 6.45) is 5.86. The van der Waals surface area contributed by atoms with Crippen molar-refractivity contribution in [2.24, 2.45) is 5.92 Å². The number of carbonyl (C=O) groups is 1. The van der Waals surface area contributed by atoms with Crippen LogP contribution >= 0.6 is 0 Å². The van der Waals surface area contributed by atoms with Crippen molar-refractivity contribution >= 4 is 16.8 Å². The first-order valence-electron chi connectivity index (χ1n) is 11.1. The summed E-state index contributed by atoms with van der Waals surface area (Å²) in [5.74, 6) is 1.51. The highest BCUT2D eigenvalue weighted by molar-refractivity contribution is 5.81. The second-order valence-corrected chi connectivity index (χ2v) is 8.51. The van der Waals surface area contributed by atoms with Gasteiger partial charge < -0.3 is 15.0 Å². The van der Waals surface area contributed by atoms with Gasteiger partial charge in [0.2, 0.25) is 5.91 Å². The molecule has 1 aliphatic heterocycles. The van der Waals surface area contributed by atoms with Crippen LogP contribution in [0, 0.1) is 11.7 Å². The molecule has 1 aromatic heterocycles. The molecule has 1 amide bonds. The molecule has 1 saturated carbocycles. The van der Waals surface area contributed by atoms with Gasteiger partial charge in [-0.25, -0.2) is 4.39 Å². The summed E-state index contributed by atoms with van der Waals surface area (Å²) >= 11 is 0. The zero-order chi connectivity index (χ0) is 21.2. The van der Waals surface area contributed by atoms with Crippen molar-refractivity contribution in [2.75, 3.05) is 26.2 Å². The van der Waals surface area contributed by atoms with Crippen molar-refractivity contribution in [3.8, 4) is 11.5 Å². The lowest BCUT2D eigenvalue weighted by atomic mass is 9.85. The molecule has 2 heterocycles. The highest BCUT2D eigenvalue weighted by atomic mass is 19.1. The zero-order valence-corrected chi connectivity index (χ0v) is 17.5. The van der Waals surface area contributed by atoms with Crippen LogP contribution in [0.5, 0.6) is 11.5 Å². The number of hydrogen-bond acceptors (Lipinski definition) is 4. The maximum atomic E-state index is 13.9. The number of amides is 1. The van der Waals surface area contributed by atoms with Crippen LogP contribution in [0.15, 0.2) is 42.6 Å². The number of aromatic nitrogens is 2. The van der Waals surface area contributed by atoms with Gasteiger partial charge in [0.1, 0.15) is 17.3 Å². The van der Waals surface area contributed by atoms with E-state index >= 15 is 0 Å². The van der Waals surface area contributed by atoms with Gasteiger partial charge in [-0.2, -0.15) is 5.10 Å². The van der Waals surface area contributed by atoms with Crippen LogP contribution in [-0.2, 0) is 17.8 Å². The molecule has 0 radical (unpaired) electrons. The molecule has 2 fully saturated rings. The average molecular weight is 423 g/mol. The Morgan fingerprint density at radius 1 is 1.16 bits per heavy atom. The minimum atomic E-state index is -0.372. The van der Waals surface area contributed by atoms with E-state index in [1.807, 2.05) is 29.3 Å². The average Bonchev–Trinajstić information content (AvgIpc) is 3.15. The van der Waals surface area contributed by atoms with Gasteiger partial charge in [0, 0.05) is 43.7 Å². The summed E-state index contributed by atoms with van der Waals surface area (Å²) in [6, 6.07) is 10.2. The van der Waals surface area contributed by atoms with E-state index in [4.69, 9.17) is 4.74 Å². The predicted molar refractivity (Wildman–Crippen MR) is 117 cm³/mol. The van der Waals surface area contributed by atoms with Crippen molar-refractivity contribution in [2.45, 2.75) is 32.2 Å². The zero-order valence-electron chi connectivity index (χ0n) is 17.5. The van der Waals surface area contributed by atoms with E-state index in [-0.39, 0.29) is 18.1 Å². The molecule has 0 atom stereocenters. The second kappa shape index (κ2) is 8.67. The number of fused-ring (bicyclic) bond motifs is 1. The number of nitrogens with one attached hydrogen (secondary N) is 1. The molecule has 1 aliphatic carbocycles. The summed E-state index contributed by atoms with van der Waals surface area (Å²) in [5.41, 5.74) is 1.65. The first kappa shape index (κ1) is 20.0. The molecule has 0 unspecified atom stereocenters. The Hall–Kier alpha value is -2.93. The fraction of sp³-hybridized carbons (Fsp3) is 0.417. The largest absolute Gasteiger partial charge is 0.457 e. The Morgan fingerprint density at radius 2 is 2.00 bits per heavy atom. The van der Waals surface area contributed by atoms with Crippen LogP contribution < -0.4 is 10.1 Å². The molecule has 2 aromatic carbocycles. The number of benzene rings is 2. The lowest BCUT2D eigenvalue weighted by Gasteiger charge is -2.27. The van der Waals surface area contributed by atoms with E-state index in [2.05, 4.69) is 15.1 Å². The Balaban J connectivity index is 1.34. The third kappa shape index (κ3) is 4.42. The molecule has 162 valence electrons. The summed E-state index contributed by atoms with van der Waals surface area (Å²) in [7, 11) is 0. The molecule has 0 spiro atoms. The quantitative estimate of drug-likeness (QED) is 0.658. The van der Waals surface area contributed by atoms with Crippen molar-refractivity contribution in [3.63, 3.8) is 0 Å². The third-order valence-corrected chi connectivity index (χ3v) is 6.33. The third-order valence-electron chi connectivity index (χ3n) is 6.33. The molecule has 1 N–H and O–H groups in total. The highest BCUT2D eigenvalue weighted by Crippen LogP contribution is 2.31. The molecule has 7 heteroatoms. The summed E-state index contributed by atoms with van der Waals surface area (Å²) in [6.45, 7) is 3.87. The molecule has 5 rings (SSSR count). The van der Waals surface area contributed by atoms with Gasteiger partial charge in [-0.05, 0) is 55.2 Å². The van der Waals surface area contributed by atoms with E-state index < -0.39 is 0 Å². The molecule has 1 saturated heterocycles. The molecule has 2 aliphatic rings. The van der Waals surface area contributed by atoms with Crippen LogP contribution in [0.4, 0.5) is 4.39 Å². The Morgan fingerprint density at radius 3 is 2.77 bits per heavy atom. The molecule has 31 heavy (non-hydrogen) atoms. The molecular weight excluding hydrogens is 395 g/mol. The van der Waals surface area contributed by atoms with Crippen molar-refractivity contribution in [3.05, 3.63) is 54.0 Å². The van der Waals surface area contributed by atoms with Crippen molar-refractivity contribution < 1.29 is 13.9 Å². The number of nitrogens with zero attached hydrogens (tertiary/aromatic N) is 3. The second-order valence-electron chi connectivity index (χ2n) is 8.51. The molecule has 3 aromatic rings. The number of piperazine rings is 1. The van der Waals surface area contributed by atoms with Crippen LogP contribution in [0.3, 0.4) is 0 Å². The normalized spacial score (nSPS) is 17.0. The summed E-state index contributed by atoms with van der Waals surface area (Å²) < 4.78 is 22.1. The standard InChI is InChI=1S/C24H27FN4O2/c25-20-4-7-23(18(12-20)14-24(30)28-10-8-26-9-11-28)31-21-5-6-22-19(13-21)15-27-29(22)16-17-2-1-3-17/h4-7,12-13,15,17,26H,1-3,8-11,14,16H2. The van der Waals surface area contributed by atoms with Gasteiger partial charge in [0.25, 0.3) is 0 Å². The molecular formula is C24H27FN4O2. The minimum Gasteiger partial charge on any atom is -0.457 e. The smallest absolute Gasteiger partial charge is 0.227 e. The monoisotopic (exact) mass is 422 g/mol. The maximum absolute atomic E-state index is 13.9. The van der Waals surface area contributed by atoms with Gasteiger partial charge in [0.05, 0.1) is 18.1 Å². The van der Waals surface area contributed by atoms with E-state index in [9.17, 15) is 9.18 Å². The van der Waals surface area contributed by atoms with E-state index in [1.165, 1.54) is 31.4 Å². The van der Waals surface area contributed by atoms with Gasteiger partial charge in [-0.15, -0.1) is 0 Å². The first-order chi connectivity index (χ1) is 15.2. The Labute approximate surface area is 181 Å². The number of carbonyl (C=O) groups excluding carboxylic acids is 1. The van der Waals surface area contributed by atoms with Gasteiger partial charge in [-0.3, -0.25) is 9.48 Å². The number of ether oxygens (including phenoxy) is 1. The SMILES string of the molecule is O=C(Cc1cc(F)ccc1Oc1ccc2c(cnn2CC2CCC2)c1)N1CCNCC1. The topological polar surface area (TPSA) is 59.4 Å². The fourth-order valence-corrected chi connectivity index (χ4v) is 4.30. The lowest BCUT2D eigenvalue weighted by molar-refractivity contribution is -0.131. The Bertz CT molecular complexity index is 1090. The number of hydrogen-bond donors (Lipinski definition) is 1. The van der Waals surface area contributed by atoms with E-state index in [1.54, 1.807) is 6.07 Å². The van der Waals surface area contributed by atoms with E-state index in [0.717, 1.165) is 36.5 Å². The lowest BCUT2D eigenvalue weighted by Crippen LogP contribution is -2.46. The number of halogens is 1. The Kier molecular flexibility index (Phi) is 5.59. The van der Waals surface area contributed by atoms with E-state index in [0.29, 0.717) is 30.2 Å². The van der Waals surface area contributed by atoms with Crippen molar-refractivity contribution in [1.82, 2.24) is 20.0 Å². The first-order valence-corrected chi connectivity index (χ1v) is 11.1. The molecule has 6 nitrogen and oxygen atoms in total. The fourth-order valence-electron chi connectivity index (χ4n) is 4.30. The summed E-state index contributed by atoms with van der Waals surface area (Å²) in [5, 5.41) is 8.79. The van der Waals surface area contributed by atoms with Crippen LogP contribution in [0.25, 0.3) is 10.9 Å². The van der Waals surface area contributed by atoms with Gasteiger partial charge >= 0.3 is 0 Å². The highest BCUT2D eigenvalue weighted by Gasteiger charge is 2.20. The minimum absolute atomic E-state index is 0.00956. The van der Waals surface area contributed by atoms with Crippen LogP contribution in [-0.4, -0.2) is 46.8 Å². The molecule has 0 bridgehead atoms. The van der Waals surface area contributed by atoms with Crippen LogP contribution in [0.2, 0.25) is 0 Å².